The Morgan fingerprint density at radius 1 is 1.67 bits per heavy atom. The van der Waals surface area contributed by atoms with Gasteiger partial charge in [-0.2, -0.15) is 5.10 Å². The van der Waals surface area contributed by atoms with Crippen LogP contribution in [0.3, 0.4) is 0 Å². The Bertz CT molecular complexity index is 333. The fraction of sp³-hybridized carbons (Fsp3) is 0.600. The van der Waals surface area contributed by atoms with Crippen LogP contribution in [-0.4, -0.2) is 35.0 Å². The van der Waals surface area contributed by atoms with Crippen molar-refractivity contribution in [2.24, 2.45) is 5.92 Å². The topological polar surface area (TPSA) is 58.4 Å². The van der Waals surface area contributed by atoms with Crippen LogP contribution in [0.25, 0.3) is 0 Å². The number of carbonyl (C=O) groups is 1. The highest BCUT2D eigenvalue weighted by molar-refractivity contribution is 5.66. The largest absolute Gasteiger partial charge is 0.481 e. The zero-order valence-corrected chi connectivity index (χ0v) is 9.34. The van der Waals surface area contributed by atoms with Gasteiger partial charge in [0, 0.05) is 33.1 Å². The summed E-state index contributed by atoms with van der Waals surface area (Å²) >= 11 is 0. The molecule has 0 saturated heterocycles. The molecule has 1 heterocycles. The van der Waals surface area contributed by atoms with Gasteiger partial charge in [0.05, 0.1) is 6.20 Å². The van der Waals surface area contributed by atoms with Crippen molar-refractivity contribution < 1.29 is 9.90 Å². The number of carboxylic acid groups (broad SMARTS) is 1. The van der Waals surface area contributed by atoms with E-state index in [1.165, 1.54) is 0 Å². The van der Waals surface area contributed by atoms with Gasteiger partial charge >= 0.3 is 5.97 Å². The Morgan fingerprint density at radius 2 is 2.33 bits per heavy atom. The van der Waals surface area contributed by atoms with Gasteiger partial charge in [-0.15, -0.1) is 0 Å². The Balaban J connectivity index is 2.63. The van der Waals surface area contributed by atoms with Gasteiger partial charge in [-0.3, -0.25) is 4.79 Å². The third-order valence-electron chi connectivity index (χ3n) is 2.16. The van der Waals surface area contributed by atoms with Gasteiger partial charge in [0.1, 0.15) is 5.82 Å². The first-order chi connectivity index (χ1) is 7.00. The van der Waals surface area contributed by atoms with Gasteiger partial charge in [-0.1, -0.05) is 6.92 Å². The number of rotatable bonds is 5. The number of nitrogens with zero attached hydrogens (tertiary/aromatic N) is 3. The second kappa shape index (κ2) is 4.82. The highest BCUT2D eigenvalue weighted by atomic mass is 16.4. The number of hydrogen-bond donors (Lipinski definition) is 1. The Kier molecular flexibility index (Phi) is 3.71. The predicted molar refractivity (Wildman–Crippen MR) is 58.0 cm³/mol. The smallest absolute Gasteiger partial charge is 0.303 e. The van der Waals surface area contributed by atoms with Crippen molar-refractivity contribution in [1.29, 1.82) is 0 Å². The van der Waals surface area contributed by atoms with Gasteiger partial charge in [-0.05, 0) is 5.92 Å². The lowest BCUT2D eigenvalue weighted by Gasteiger charge is -2.16. The molecule has 1 unspecified atom stereocenters. The highest BCUT2D eigenvalue weighted by Gasteiger charge is 2.11. The highest BCUT2D eigenvalue weighted by Crippen LogP contribution is 2.13. The molecular weight excluding hydrogens is 194 g/mol. The summed E-state index contributed by atoms with van der Waals surface area (Å²) in [5, 5.41) is 12.8. The van der Waals surface area contributed by atoms with Crippen LogP contribution >= 0.6 is 0 Å². The van der Waals surface area contributed by atoms with Crippen LogP contribution in [0.2, 0.25) is 0 Å². The minimum Gasteiger partial charge on any atom is -0.481 e. The summed E-state index contributed by atoms with van der Waals surface area (Å²) in [7, 11) is 3.88. The van der Waals surface area contributed by atoms with Crippen molar-refractivity contribution in [3.05, 3.63) is 12.3 Å². The summed E-state index contributed by atoms with van der Waals surface area (Å²) < 4.78 is 1.83. The van der Waals surface area contributed by atoms with Crippen LogP contribution in [0.5, 0.6) is 0 Å². The van der Waals surface area contributed by atoms with E-state index >= 15 is 0 Å². The van der Waals surface area contributed by atoms with Gasteiger partial charge < -0.3 is 10.0 Å². The fourth-order valence-electron chi connectivity index (χ4n) is 1.50. The molecule has 0 amide bonds. The first-order valence-electron chi connectivity index (χ1n) is 4.91. The number of carboxylic acids is 1. The van der Waals surface area contributed by atoms with Crippen molar-refractivity contribution in [1.82, 2.24) is 9.78 Å². The van der Waals surface area contributed by atoms with E-state index < -0.39 is 5.97 Å². The molecule has 1 aromatic rings. The first-order valence-corrected chi connectivity index (χ1v) is 4.91. The second-order valence-corrected chi connectivity index (χ2v) is 3.97. The summed E-state index contributed by atoms with van der Waals surface area (Å²) in [6, 6.07) is 1.91. The average molecular weight is 211 g/mol. The molecule has 0 radical (unpaired) electrons. The normalized spacial score (nSPS) is 12.5. The van der Waals surface area contributed by atoms with Crippen LogP contribution in [0.15, 0.2) is 12.3 Å². The van der Waals surface area contributed by atoms with E-state index in [0.29, 0.717) is 6.54 Å². The summed E-state index contributed by atoms with van der Waals surface area (Å²) in [6.07, 6.45) is 1.90. The molecule has 0 aliphatic heterocycles. The second-order valence-electron chi connectivity index (χ2n) is 3.97. The summed E-state index contributed by atoms with van der Waals surface area (Å²) in [6.45, 7) is 2.54. The molecule has 84 valence electrons. The van der Waals surface area contributed by atoms with Crippen molar-refractivity contribution in [2.45, 2.75) is 19.9 Å². The molecule has 5 nitrogen and oxygen atoms in total. The molecule has 1 rings (SSSR count). The zero-order chi connectivity index (χ0) is 11.4. The van der Waals surface area contributed by atoms with Crippen molar-refractivity contribution in [3.63, 3.8) is 0 Å². The molecule has 0 aromatic carbocycles. The molecule has 0 spiro atoms. The number of aromatic nitrogens is 2. The maximum Gasteiger partial charge on any atom is 0.303 e. The van der Waals surface area contributed by atoms with Crippen LogP contribution < -0.4 is 4.90 Å². The summed E-state index contributed by atoms with van der Waals surface area (Å²) in [5.41, 5.74) is 0. The third-order valence-corrected chi connectivity index (χ3v) is 2.16. The maximum atomic E-state index is 10.5. The van der Waals surface area contributed by atoms with E-state index in [1.807, 2.05) is 36.7 Å². The van der Waals surface area contributed by atoms with Crippen molar-refractivity contribution >= 4 is 11.8 Å². The lowest BCUT2D eigenvalue weighted by Crippen LogP contribution is -2.19. The molecule has 0 fully saturated rings. The average Bonchev–Trinajstić information content (AvgIpc) is 2.50. The van der Waals surface area contributed by atoms with Crippen molar-refractivity contribution in [2.75, 3.05) is 19.0 Å². The van der Waals surface area contributed by atoms with Gasteiger partial charge in [-0.25, -0.2) is 4.68 Å². The van der Waals surface area contributed by atoms with Gasteiger partial charge in [0.25, 0.3) is 0 Å². The first kappa shape index (κ1) is 11.6. The number of anilines is 1. The van der Waals surface area contributed by atoms with E-state index in [9.17, 15) is 4.79 Å². The minimum absolute atomic E-state index is 0.0844. The Labute approximate surface area is 89.3 Å². The quantitative estimate of drug-likeness (QED) is 0.791. The summed E-state index contributed by atoms with van der Waals surface area (Å²) in [4.78, 5) is 12.5. The van der Waals surface area contributed by atoms with Crippen LogP contribution in [0.4, 0.5) is 5.82 Å². The zero-order valence-electron chi connectivity index (χ0n) is 9.34. The molecule has 5 heteroatoms. The number of aliphatic carboxylic acids is 1. The van der Waals surface area contributed by atoms with Crippen LogP contribution in [-0.2, 0) is 11.3 Å². The maximum absolute atomic E-state index is 10.5. The lowest BCUT2D eigenvalue weighted by atomic mass is 10.1. The SMILES string of the molecule is CC(CC(=O)O)Cn1nccc1N(C)C. The molecule has 1 atom stereocenters. The molecule has 1 N–H and O–H groups in total. The van der Waals surface area contributed by atoms with Crippen LogP contribution in [0, 0.1) is 5.92 Å². The fourth-order valence-corrected chi connectivity index (χ4v) is 1.50. The molecular formula is C10H17N3O2. The third kappa shape index (κ3) is 3.27. The van der Waals surface area contributed by atoms with E-state index in [1.54, 1.807) is 6.20 Å². The monoisotopic (exact) mass is 211 g/mol. The minimum atomic E-state index is -0.763. The van der Waals surface area contributed by atoms with Gasteiger partial charge in [0.2, 0.25) is 0 Å². The number of hydrogen-bond acceptors (Lipinski definition) is 3. The van der Waals surface area contributed by atoms with E-state index in [0.717, 1.165) is 5.82 Å². The van der Waals surface area contributed by atoms with E-state index in [-0.39, 0.29) is 12.3 Å². The molecule has 0 aliphatic rings. The molecule has 0 aliphatic carbocycles. The lowest BCUT2D eigenvalue weighted by molar-refractivity contribution is -0.138. The standard InChI is InChI=1S/C10H17N3O2/c1-8(6-10(14)15)7-13-9(12(2)3)4-5-11-13/h4-5,8H,6-7H2,1-3H3,(H,14,15). The summed E-state index contributed by atoms with van der Waals surface area (Å²) in [5.74, 6) is 0.314. The predicted octanol–water partition coefficient (Wildman–Crippen LogP) is 1.06. The van der Waals surface area contributed by atoms with E-state index in [2.05, 4.69) is 5.10 Å². The molecule has 0 bridgehead atoms. The molecule has 15 heavy (non-hydrogen) atoms. The van der Waals surface area contributed by atoms with Crippen LogP contribution in [0.1, 0.15) is 13.3 Å². The van der Waals surface area contributed by atoms with Gasteiger partial charge in [0.15, 0.2) is 0 Å². The molecule has 0 saturated carbocycles. The van der Waals surface area contributed by atoms with E-state index in [4.69, 9.17) is 5.11 Å². The van der Waals surface area contributed by atoms with Crippen molar-refractivity contribution in [3.8, 4) is 0 Å². The molecule has 1 aromatic heterocycles. The Hall–Kier alpha value is -1.52. The Morgan fingerprint density at radius 3 is 2.87 bits per heavy atom.